The minimum absolute atomic E-state index is 0.0361. The Morgan fingerprint density at radius 3 is 2.74 bits per heavy atom. The molecule has 3 heterocycles. The highest BCUT2D eigenvalue weighted by atomic mass is 32.2. The summed E-state index contributed by atoms with van der Waals surface area (Å²) in [4.78, 5) is 30.7. The number of rotatable bonds is 7. The minimum atomic E-state index is -0.306. The number of carbonyl (C=O) groups is 2. The molecule has 1 atom stereocenters. The van der Waals surface area contributed by atoms with Crippen LogP contribution in [0.15, 0.2) is 65.8 Å². The summed E-state index contributed by atoms with van der Waals surface area (Å²) in [5, 5.41) is 10.8. The van der Waals surface area contributed by atoms with Crippen LogP contribution >= 0.6 is 11.8 Å². The lowest BCUT2D eigenvalue weighted by atomic mass is 9.98. The van der Waals surface area contributed by atoms with E-state index >= 15 is 0 Å². The first-order valence-corrected chi connectivity index (χ1v) is 13.6. The van der Waals surface area contributed by atoms with Gasteiger partial charge in [-0.05, 0) is 85.8 Å². The van der Waals surface area contributed by atoms with Crippen molar-refractivity contribution >= 4 is 46.1 Å². The van der Waals surface area contributed by atoms with Crippen LogP contribution in [0.5, 0.6) is 0 Å². The number of benzene rings is 2. The number of thioether (sulfide) groups is 1. The van der Waals surface area contributed by atoms with Crippen molar-refractivity contribution in [2.45, 2.75) is 37.0 Å². The number of hydrogen-bond donors (Lipinski definition) is 2. The number of carbonyl (C=O) groups excluding carboxylic acids is 2. The van der Waals surface area contributed by atoms with E-state index in [9.17, 15) is 14.0 Å². The number of nitrogens with one attached hydrogen (secondary N) is 2. The number of pyridine rings is 1. The average molecular weight is 543 g/mol. The van der Waals surface area contributed by atoms with Crippen molar-refractivity contribution in [1.29, 1.82) is 0 Å². The predicted molar refractivity (Wildman–Crippen MR) is 150 cm³/mol. The number of halogens is 1. The van der Waals surface area contributed by atoms with E-state index in [4.69, 9.17) is 0 Å². The third kappa shape index (κ3) is 5.12. The van der Waals surface area contributed by atoms with Crippen LogP contribution in [0.2, 0.25) is 0 Å². The quantitative estimate of drug-likeness (QED) is 0.208. The molecule has 2 amide bonds. The Hall–Kier alpha value is -4.18. The summed E-state index contributed by atoms with van der Waals surface area (Å²) >= 11 is 1.39. The lowest BCUT2D eigenvalue weighted by molar-refractivity contribution is -0.117. The van der Waals surface area contributed by atoms with E-state index in [0.717, 1.165) is 45.3 Å². The standard InChI is InChI=1S/C29H27FN6O2S/c1-16-11-25-23(24(15-35(25)3)28(38)31-17(2)39-21-6-4-5-20(30)13-21)14-22(16)19-9-10-36-26(12-19)32-29(34-36)33-27(37)18-7-8-18/h4-6,9-15,17-18H,7-8H2,1-3H3,(H,31,38)(H,33,34,37)/t17-/m1/s1. The molecule has 1 aliphatic carbocycles. The van der Waals surface area contributed by atoms with Crippen LogP contribution in [-0.2, 0) is 11.8 Å². The van der Waals surface area contributed by atoms with Gasteiger partial charge in [-0.3, -0.25) is 14.9 Å². The first-order valence-electron chi connectivity index (χ1n) is 12.8. The highest BCUT2D eigenvalue weighted by Crippen LogP contribution is 2.33. The molecule has 1 saturated carbocycles. The zero-order valence-corrected chi connectivity index (χ0v) is 22.6. The second-order valence-corrected chi connectivity index (χ2v) is 11.4. The van der Waals surface area contributed by atoms with Gasteiger partial charge in [0.15, 0.2) is 5.65 Å². The number of aryl methyl sites for hydroxylation is 2. The third-order valence-corrected chi connectivity index (χ3v) is 7.85. The predicted octanol–water partition coefficient (Wildman–Crippen LogP) is 5.55. The first-order chi connectivity index (χ1) is 18.7. The van der Waals surface area contributed by atoms with Gasteiger partial charge >= 0.3 is 0 Å². The summed E-state index contributed by atoms with van der Waals surface area (Å²) in [6.07, 6.45) is 5.47. The van der Waals surface area contributed by atoms with E-state index in [1.54, 1.807) is 10.6 Å². The zero-order valence-electron chi connectivity index (χ0n) is 21.7. The first kappa shape index (κ1) is 25.1. The number of aromatic nitrogens is 4. The van der Waals surface area contributed by atoms with Crippen LogP contribution in [-0.4, -0.2) is 36.4 Å². The Kier molecular flexibility index (Phi) is 6.34. The second kappa shape index (κ2) is 9.85. The Labute approximate surface area is 228 Å². The van der Waals surface area contributed by atoms with E-state index in [2.05, 4.69) is 26.8 Å². The second-order valence-electron chi connectivity index (χ2n) is 9.95. The van der Waals surface area contributed by atoms with Gasteiger partial charge in [-0.1, -0.05) is 6.07 Å². The molecule has 3 aromatic heterocycles. The fraction of sp³-hybridized carbons (Fsp3) is 0.241. The van der Waals surface area contributed by atoms with E-state index in [-0.39, 0.29) is 28.9 Å². The maximum Gasteiger partial charge on any atom is 0.254 e. The molecule has 0 spiro atoms. The van der Waals surface area contributed by atoms with Crippen molar-refractivity contribution in [2.75, 3.05) is 5.32 Å². The van der Waals surface area contributed by atoms with Crippen molar-refractivity contribution in [2.24, 2.45) is 13.0 Å². The van der Waals surface area contributed by atoms with Gasteiger partial charge in [-0.15, -0.1) is 16.9 Å². The normalized spacial score (nSPS) is 14.1. The Morgan fingerprint density at radius 2 is 1.97 bits per heavy atom. The topological polar surface area (TPSA) is 93.3 Å². The summed E-state index contributed by atoms with van der Waals surface area (Å²) in [7, 11) is 1.92. The summed E-state index contributed by atoms with van der Waals surface area (Å²) in [6.45, 7) is 3.91. The van der Waals surface area contributed by atoms with E-state index in [0.29, 0.717) is 17.2 Å². The van der Waals surface area contributed by atoms with Crippen LogP contribution in [0.1, 0.15) is 35.7 Å². The fourth-order valence-corrected chi connectivity index (χ4v) is 5.63. The summed E-state index contributed by atoms with van der Waals surface area (Å²) in [5.41, 5.74) is 5.08. The zero-order chi connectivity index (χ0) is 27.3. The maximum absolute atomic E-state index is 13.6. The molecule has 5 aromatic rings. The van der Waals surface area contributed by atoms with Gasteiger partial charge < -0.3 is 9.88 Å². The smallest absolute Gasteiger partial charge is 0.254 e. The molecule has 0 radical (unpaired) electrons. The van der Waals surface area contributed by atoms with E-state index in [1.165, 1.54) is 23.9 Å². The monoisotopic (exact) mass is 542 g/mol. The molecule has 0 saturated heterocycles. The summed E-state index contributed by atoms with van der Waals surface area (Å²) in [5.74, 6) is -0.175. The largest absolute Gasteiger partial charge is 0.350 e. The fourth-order valence-electron chi connectivity index (χ4n) is 4.72. The number of amides is 2. The Balaban J connectivity index is 1.28. The van der Waals surface area contributed by atoms with Crippen LogP contribution in [0.3, 0.4) is 0 Å². The molecule has 39 heavy (non-hydrogen) atoms. The van der Waals surface area contributed by atoms with Crippen LogP contribution in [0.25, 0.3) is 27.7 Å². The highest BCUT2D eigenvalue weighted by molar-refractivity contribution is 7.99. The van der Waals surface area contributed by atoms with Gasteiger partial charge in [0.05, 0.1) is 10.9 Å². The van der Waals surface area contributed by atoms with E-state index < -0.39 is 0 Å². The molecule has 1 aliphatic rings. The van der Waals surface area contributed by atoms with Crippen molar-refractivity contribution in [3.63, 3.8) is 0 Å². The van der Waals surface area contributed by atoms with Gasteiger partial charge in [0.1, 0.15) is 5.82 Å². The molecule has 0 bridgehead atoms. The molecule has 2 N–H and O–H groups in total. The number of anilines is 1. The average Bonchev–Trinajstić information content (AvgIpc) is 3.60. The summed E-state index contributed by atoms with van der Waals surface area (Å²) < 4.78 is 17.2. The van der Waals surface area contributed by atoms with Gasteiger partial charge in [0, 0.05) is 41.2 Å². The number of fused-ring (bicyclic) bond motifs is 2. The van der Waals surface area contributed by atoms with Crippen molar-refractivity contribution in [3.8, 4) is 11.1 Å². The molecule has 6 rings (SSSR count). The number of hydrogen-bond acceptors (Lipinski definition) is 5. The van der Waals surface area contributed by atoms with Gasteiger partial charge in [0.2, 0.25) is 11.9 Å². The van der Waals surface area contributed by atoms with Gasteiger partial charge in [-0.2, -0.15) is 4.98 Å². The molecule has 198 valence electrons. The molecule has 1 fully saturated rings. The van der Waals surface area contributed by atoms with Crippen molar-refractivity contribution in [1.82, 2.24) is 24.5 Å². The minimum Gasteiger partial charge on any atom is -0.350 e. The van der Waals surface area contributed by atoms with Crippen LogP contribution in [0.4, 0.5) is 10.3 Å². The molecular formula is C29H27FN6O2S. The third-order valence-electron chi connectivity index (χ3n) is 6.86. The lowest BCUT2D eigenvalue weighted by Gasteiger charge is -2.13. The molecular weight excluding hydrogens is 515 g/mol. The van der Waals surface area contributed by atoms with Crippen LogP contribution in [0, 0.1) is 18.7 Å². The maximum atomic E-state index is 13.6. The Bertz CT molecular complexity index is 1760. The highest BCUT2D eigenvalue weighted by Gasteiger charge is 2.30. The Morgan fingerprint density at radius 1 is 1.15 bits per heavy atom. The summed E-state index contributed by atoms with van der Waals surface area (Å²) in [6, 6.07) is 14.3. The van der Waals surface area contributed by atoms with Crippen LogP contribution < -0.4 is 10.6 Å². The SMILES string of the molecule is Cc1cc2c(cc1-c1ccn3nc(NC(=O)C4CC4)nc3c1)c(C(=O)N[C@@H](C)Sc1cccc(F)c1)cn2C. The van der Waals surface area contributed by atoms with Crippen molar-refractivity contribution < 1.29 is 14.0 Å². The lowest BCUT2D eigenvalue weighted by Crippen LogP contribution is -2.30. The molecule has 2 aromatic carbocycles. The van der Waals surface area contributed by atoms with Gasteiger partial charge in [0.25, 0.3) is 5.91 Å². The molecule has 0 unspecified atom stereocenters. The van der Waals surface area contributed by atoms with E-state index in [1.807, 2.05) is 62.1 Å². The van der Waals surface area contributed by atoms with Gasteiger partial charge in [-0.25, -0.2) is 8.91 Å². The number of nitrogens with zero attached hydrogens (tertiary/aromatic N) is 4. The van der Waals surface area contributed by atoms with Crippen molar-refractivity contribution in [3.05, 3.63) is 77.9 Å². The molecule has 10 heteroatoms. The molecule has 0 aliphatic heterocycles. The molecule has 8 nitrogen and oxygen atoms in total.